The lowest BCUT2D eigenvalue weighted by Gasteiger charge is -2.19. The number of carboxylic acid groups (broad SMARTS) is 1. The molecule has 0 amide bonds. The molecular weight excluding hydrogens is 445 g/mol. The summed E-state index contributed by atoms with van der Waals surface area (Å²) in [5.74, 6) is 0.443. The second kappa shape index (κ2) is 9.42. The lowest BCUT2D eigenvalue weighted by Crippen LogP contribution is -2.09. The van der Waals surface area contributed by atoms with Crippen LogP contribution in [0.2, 0.25) is 0 Å². The van der Waals surface area contributed by atoms with Crippen LogP contribution < -0.4 is 9.47 Å². The van der Waals surface area contributed by atoms with Crippen molar-refractivity contribution in [2.45, 2.75) is 44.1 Å². The van der Waals surface area contributed by atoms with Crippen LogP contribution >= 0.6 is 0 Å². The Bertz CT molecular complexity index is 1320. The average Bonchev–Trinajstić information content (AvgIpc) is 3.63. The quantitative estimate of drug-likeness (QED) is 0.411. The number of carboxylic acids is 1. The van der Waals surface area contributed by atoms with Gasteiger partial charge in [0.05, 0.1) is 19.1 Å². The fourth-order valence-corrected chi connectivity index (χ4v) is 5.20. The highest BCUT2D eigenvalue weighted by atomic mass is 19.1. The number of methoxy groups -OCH3 is 1. The van der Waals surface area contributed by atoms with E-state index >= 15 is 0 Å². The van der Waals surface area contributed by atoms with Crippen molar-refractivity contribution in [3.63, 3.8) is 0 Å². The van der Waals surface area contributed by atoms with Crippen LogP contribution in [0.3, 0.4) is 0 Å². The third-order valence-electron chi connectivity index (χ3n) is 7.08. The smallest absolute Gasteiger partial charge is 0.303 e. The van der Waals surface area contributed by atoms with Crippen LogP contribution in [0.5, 0.6) is 11.5 Å². The molecule has 1 unspecified atom stereocenters. The number of ether oxygens (including phenoxy) is 2. The maximum Gasteiger partial charge on any atom is 0.303 e. The number of nitriles is 1. The van der Waals surface area contributed by atoms with Crippen LogP contribution in [-0.4, -0.2) is 18.2 Å². The van der Waals surface area contributed by atoms with Gasteiger partial charge in [-0.05, 0) is 84.5 Å². The largest absolute Gasteiger partial charge is 0.497 e. The molecule has 1 N–H and O–H groups in total. The molecule has 6 heteroatoms. The van der Waals surface area contributed by atoms with Gasteiger partial charge in [0.15, 0.2) is 0 Å². The highest BCUT2D eigenvalue weighted by Crippen LogP contribution is 2.46. The van der Waals surface area contributed by atoms with Crippen molar-refractivity contribution >= 4 is 5.97 Å². The number of fused-ring (bicyclic) bond motifs is 1. The van der Waals surface area contributed by atoms with E-state index in [0.717, 1.165) is 29.5 Å². The maximum atomic E-state index is 14.6. The molecule has 178 valence electrons. The highest BCUT2D eigenvalue weighted by Gasteiger charge is 2.34. The summed E-state index contributed by atoms with van der Waals surface area (Å²) in [6, 6.07) is 18.2. The van der Waals surface area contributed by atoms with Crippen molar-refractivity contribution in [3.05, 3.63) is 82.7 Å². The molecule has 1 fully saturated rings. The summed E-state index contributed by atoms with van der Waals surface area (Å²) >= 11 is 0. The first-order valence-corrected chi connectivity index (χ1v) is 11.9. The molecule has 0 spiro atoms. The van der Waals surface area contributed by atoms with Crippen molar-refractivity contribution in [1.82, 2.24) is 0 Å². The van der Waals surface area contributed by atoms with Crippen LogP contribution in [0.1, 0.15) is 60.0 Å². The SMILES string of the molecule is COc1ccc(F)c(-c2ccc3c(c2C#N)CC[C@H]3Oc2cccc(C(CC(=O)O)C3CC3)c2)c1. The third-order valence-corrected chi connectivity index (χ3v) is 7.08. The summed E-state index contributed by atoms with van der Waals surface area (Å²) in [5.41, 5.74) is 4.16. The monoisotopic (exact) mass is 471 g/mol. The Labute approximate surface area is 203 Å². The Balaban J connectivity index is 1.43. The van der Waals surface area contributed by atoms with Crippen molar-refractivity contribution < 1.29 is 23.8 Å². The normalized spacial score (nSPS) is 17.3. The van der Waals surface area contributed by atoms with Gasteiger partial charge in [0.1, 0.15) is 29.5 Å². The van der Waals surface area contributed by atoms with E-state index in [1.807, 2.05) is 30.3 Å². The third kappa shape index (κ3) is 4.59. The number of benzene rings is 3. The van der Waals surface area contributed by atoms with Crippen LogP contribution in [0, 0.1) is 23.1 Å². The van der Waals surface area contributed by atoms with Gasteiger partial charge in [-0.25, -0.2) is 4.39 Å². The standard InChI is InChI=1S/C29H26FNO4/c1-34-19-7-11-27(30)25(14-19)22-8-9-23-21(26(22)16-31)10-12-28(23)35-20-4-2-3-18(13-20)24(15-29(32)33)17-5-6-17/h2-4,7-9,11,13-14,17,24,28H,5-6,10,12,15H2,1H3,(H,32,33)/t24?,28-/m1/s1. The zero-order chi connectivity index (χ0) is 24.5. The summed E-state index contributed by atoms with van der Waals surface area (Å²) in [6.45, 7) is 0. The van der Waals surface area contributed by atoms with E-state index in [1.165, 1.54) is 13.2 Å². The van der Waals surface area contributed by atoms with Crippen LogP contribution in [0.4, 0.5) is 4.39 Å². The second-order valence-electron chi connectivity index (χ2n) is 9.27. The molecule has 0 aliphatic heterocycles. The van der Waals surface area contributed by atoms with Gasteiger partial charge in [0, 0.05) is 11.1 Å². The Morgan fingerprint density at radius 1 is 1.11 bits per heavy atom. The molecule has 5 nitrogen and oxygen atoms in total. The van der Waals surface area contributed by atoms with Crippen LogP contribution in [-0.2, 0) is 11.2 Å². The van der Waals surface area contributed by atoms with Gasteiger partial charge in [-0.1, -0.05) is 24.3 Å². The molecule has 5 rings (SSSR count). The molecule has 3 aromatic carbocycles. The number of aliphatic carboxylic acids is 1. The first kappa shape index (κ1) is 22.9. The fourth-order valence-electron chi connectivity index (χ4n) is 5.20. The van der Waals surface area contributed by atoms with Crippen molar-refractivity contribution in [3.8, 4) is 28.7 Å². The van der Waals surface area contributed by atoms with E-state index in [1.54, 1.807) is 18.2 Å². The lowest BCUT2D eigenvalue weighted by atomic mass is 9.91. The Morgan fingerprint density at radius 3 is 2.66 bits per heavy atom. The molecular formula is C29H26FNO4. The zero-order valence-electron chi connectivity index (χ0n) is 19.5. The summed E-state index contributed by atoms with van der Waals surface area (Å²) in [6.07, 6.45) is 3.38. The number of rotatable bonds is 8. The predicted molar refractivity (Wildman–Crippen MR) is 129 cm³/mol. The van der Waals surface area contributed by atoms with Gasteiger partial charge >= 0.3 is 5.97 Å². The van der Waals surface area contributed by atoms with Crippen LogP contribution in [0.25, 0.3) is 11.1 Å². The maximum absolute atomic E-state index is 14.6. The summed E-state index contributed by atoms with van der Waals surface area (Å²) in [7, 11) is 1.52. The summed E-state index contributed by atoms with van der Waals surface area (Å²) < 4.78 is 26.2. The lowest BCUT2D eigenvalue weighted by molar-refractivity contribution is -0.137. The van der Waals surface area contributed by atoms with Crippen molar-refractivity contribution in [1.29, 1.82) is 5.26 Å². The number of nitrogens with zero attached hydrogens (tertiary/aromatic N) is 1. The van der Waals surface area contributed by atoms with Gasteiger partial charge < -0.3 is 14.6 Å². The van der Waals surface area contributed by atoms with E-state index in [9.17, 15) is 19.6 Å². The van der Waals surface area contributed by atoms with Gasteiger partial charge in [-0.2, -0.15) is 5.26 Å². The van der Waals surface area contributed by atoms with E-state index in [2.05, 4.69) is 6.07 Å². The molecule has 0 radical (unpaired) electrons. The van der Waals surface area contributed by atoms with Crippen LogP contribution in [0.15, 0.2) is 54.6 Å². The van der Waals surface area contributed by atoms with E-state index in [0.29, 0.717) is 46.9 Å². The molecule has 0 saturated heterocycles. The highest BCUT2D eigenvalue weighted by molar-refractivity contribution is 5.75. The van der Waals surface area contributed by atoms with E-state index in [-0.39, 0.29) is 18.4 Å². The predicted octanol–water partition coefficient (Wildman–Crippen LogP) is 6.41. The van der Waals surface area contributed by atoms with Gasteiger partial charge in [0.25, 0.3) is 0 Å². The second-order valence-corrected chi connectivity index (χ2v) is 9.27. The Morgan fingerprint density at radius 2 is 1.94 bits per heavy atom. The molecule has 2 aliphatic carbocycles. The first-order chi connectivity index (χ1) is 17.0. The zero-order valence-corrected chi connectivity index (χ0v) is 19.5. The number of hydrogen-bond donors (Lipinski definition) is 1. The molecule has 0 heterocycles. The van der Waals surface area contributed by atoms with Crippen molar-refractivity contribution in [2.75, 3.05) is 7.11 Å². The molecule has 0 bridgehead atoms. The van der Waals surface area contributed by atoms with E-state index in [4.69, 9.17) is 9.47 Å². The minimum atomic E-state index is -0.787. The first-order valence-electron chi connectivity index (χ1n) is 11.9. The number of hydrogen-bond acceptors (Lipinski definition) is 4. The number of halogens is 1. The van der Waals surface area contributed by atoms with Gasteiger partial charge in [0.2, 0.25) is 0 Å². The van der Waals surface area contributed by atoms with Gasteiger partial charge in [-0.15, -0.1) is 0 Å². The minimum Gasteiger partial charge on any atom is -0.497 e. The molecule has 3 aromatic rings. The minimum absolute atomic E-state index is 0.00238. The molecule has 2 aliphatic rings. The summed E-state index contributed by atoms with van der Waals surface area (Å²) in [5, 5.41) is 19.3. The topological polar surface area (TPSA) is 79.5 Å². The molecule has 2 atom stereocenters. The van der Waals surface area contributed by atoms with Crippen molar-refractivity contribution in [2.24, 2.45) is 5.92 Å². The number of carbonyl (C=O) groups is 1. The Kier molecular flexibility index (Phi) is 6.17. The molecule has 1 saturated carbocycles. The molecule has 35 heavy (non-hydrogen) atoms. The molecule has 0 aromatic heterocycles. The Hall–Kier alpha value is -3.85. The van der Waals surface area contributed by atoms with E-state index < -0.39 is 11.8 Å². The summed E-state index contributed by atoms with van der Waals surface area (Å²) in [4.78, 5) is 11.4. The fraction of sp³-hybridized carbons (Fsp3) is 0.310. The van der Waals surface area contributed by atoms with Gasteiger partial charge in [-0.3, -0.25) is 4.79 Å². The average molecular weight is 472 g/mol.